The van der Waals surface area contributed by atoms with Crippen LogP contribution >= 0.6 is 0 Å². The van der Waals surface area contributed by atoms with Crippen molar-refractivity contribution in [2.24, 2.45) is 7.05 Å². The van der Waals surface area contributed by atoms with Crippen LogP contribution in [0.25, 0.3) is 11.1 Å². The molecule has 2 aliphatic heterocycles. The molecule has 0 unspecified atom stereocenters. The van der Waals surface area contributed by atoms with Gasteiger partial charge in [0.1, 0.15) is 5.82 Å². The summed E-state index contributed by atoms with van der Waals surface area (Å²) in [5.74, 6) is -0.247. The standard InChI is InChI=1S/C25H28F4N6O2/c1-3-22(36)34-9-6-21-18(14-34)24(32-35(21)16-7-10-37-11-8-16)30-20-5-4-15(12-19(20)26)17-13-33(2)31-23(17)25(27,28)29/h4-5,12-13,16H,3,6-11,14H2,1-2H3,(H,30,32). The molecule has 1 saturated heterocycles. The predicted octanol–water partition coefficient (Wildman–Crippen LogP) is 4.83. The molecule has 1 N–H and O–H groups in total. The van der Waals surface area contributed by atoms with Gasteiger partial charge in [0.05, 0.1) is 18.3 Å². The molecule has 12 heteroatoms. The summed E-state index contributed by atoms with van der Waals surface area (Å²) in [5.41, 5.74) is 0.722. The molecular formula is C25H28F4N6O2. The summed E-state index contributed by atoms with van der Waals surface area (Å²) < 4.78 is 64.0. The Bertz CT molecular complexity index is 1310. The number of amides is 1. The molecule has 4 heterocycles. The maximum atomic E-state index is 15.2. The Morgan fingerprint density at radius 3 is 2.65 bits per heavy atom. The largest absolute Gasteiger partial charge is 0.435 e. The second kappa shape index (κ2) is 9.81. The Labute approximate surface area is 211 Å². The first kappa shape index (κ1) is 25.2. The molecular weight excluding hydrogens is 492 g/mol. The fourth-order valence-corrected chi connectivity index (χ4v) is 5.04. The van der Waals surface area contributed by atoms with Gasteiger partial charge in [-0.3, -0.25) is 14.2 Å². The zero-order chi connectivity index (χ0) is 26.3. The zero-order valence-corrected chi connectivity index (χ0v) is 20.6. The fourth-order valence-electron chi connectivity index (χ4n) is 5.04. The summed E-state index contributed by atoms with van der Waals surface area (Å²) >= 11 is 0. The first-order valence-electron chi connectivity index (χ1n) is 12.3. The van der Waals surface area contributed by atoms with Gasteiger partial charge < -0.3 is 15.0 Å². The first-order chi connectivity index (χ1) is 17.7. The number of halogens is 4. The molecule has 0 aliphatic carbocycles. The molecule has 5 rings (SSSR count). The van der Waals surface area contributed by atoms with Crippen LogP contribution in [0.3, 0.4) is 0 Å². The van der Waals surface area contributed by atoms with Crippen molar-refractivity contribution in [2.75, 3.05) is 25.1 Å². The van der Waals surface area contributed by atoms with Gasteiger partial charge in [-0.25, -0.2) is 4.39 Å². The molecule has 0 spiro atoms. The van der Waals surface area contributed by atoms with E-state index in [1.807, 2.05) is 11.6 Å². The van der Waals surface area contributed by atoms with E-state index in [1.54, 1.807) is 4.90 Å². The first-order valence-corrected chi connectivity index (χ1v) is 12.3. The molecule has 1 fully saturated rings. The molecule has 0 bridgehead atoms. The van der Waals surface area contributed by atoms with E-state index in [9.17, 15) is 18.0 Å². The highest BCUT2D eigenvalue weighted by molar-refractivity contribution is 5.77. The molecule has 1 aromatic carbocycles. The van der Waals surface area contributed by atoms with Crippen LogP contribution in [0.5, 0.6) is 0 Å². The number of benzene rings is 1. The SMILES string of the molecule is CCC(=O)N1CCc2c(c(Nc3ccc(-c4cn(C)nc4C(F)(F)F)cc3F)nn2C2CCOCC2)C1. The lowest BCUT2D eigenvalue weighted by molar-refractivity contribution is -0.141. The maximum Gasteiger partial charge on any atom is 0.435 e. The van der Waals surface area contributed by atoms with Crippen molar-refractivity contribution in [1.29, 1.82) is 0 Å². The van der Waals surface area contributed by atoms with Crippen LogP contribution in [0.2, 0.25) is 0 Å². The van der Waals surface area contributed by atoms with Crippen molar-refractivity contribution in [3.8, 4) is 11.1 Å². The van der Waals surface area contributed by atoms with Gasteiger partial charge in [-0.15, -0.1) is 0 Å². The smallest absolute Gasteiger partial charge is 0.381 e. The number of ether oxygens (including phenoxy) is 1. The molecule has 0 saturated carbocycles. The van der Waals surface area contributed by atoms with E-state index in [2.05, 4.69) is 10.4 Å². The predicted molar refractivity (Wildman–Crippen MR) is 128 cm³/mol. The Hall–Kier alpha value is -3.41. The molecule has 0 radical (unpaired) electrons. The van der Waals surface area contributed by atoms with Gasteiger partial charge in [0.15, 0.2) is 11.5 Å². The van der Waals surface area contributed by atoms with Crippen molar-refractivity contribution >= 4 is 17.4 Å². The van der Waals surface area contributed by atoms with Crippen LogP contribution in [-0.2, 0) is 35.7 Å². The number of aryl methyl sites for hydroxylation is 1. The third-order valence-electron chi connectivity index (χ3n) is 6.91. The lowest BCUT2D eigenvalue weighted by Gasteiger charge is -2.30. The summed E-state index contributed by atoms with van der Waals surface area (Å²) in [6.45, 7) is 4.02. The van der Waals surface area contributed by atoms with Gasteiger partial charge in [0.2, 0.25) is 5.91 Å². The third kappa shape index (κ3) is 4.94. The fraction of sp³-hybridized carbons (Fsp3) is 0.480. The Morgan fingerprint density at radius 2 is 1.97 bits per heavy atom. The van der Waals surface area contributed by atoms with Gasteiger partial charge in [-0.05, 0) is 30.5 Å². The number of hydrogen-bond donors (Lipinski definition) is 1. The number of nitrogens with one attached hydrogen (secondary N) is 1. The average molecular weight is 521 g/mol. The third-order valence-corrected chi connectivity index (χ3v) is 6.91. The number of hydrogen-bond acceptors (Lipinski definition) is 5. The highest BCUT2D eigenvalue weighted by Gasteiger charge is 2.37. The van der Waals surface area contributed by atoms with Crippen LogP contribution in [0.15, 0.2) is 24.4 Å². The minimum atomic E-state index is -4.66. The quantitative estimate of drug-likeness (QED) is 0.488. The Kier molecular flexibility index (Phi) is 6.69. The van der Waals surface area contributed by atoms with Crippen LogP contribution < -0.4 is 5.32 Å². The molecule has 37 heavy (non-hydrogen) atoms. The number of nitrogens with zero attached hydrogens (tertiary/aromatic N) is 5. The second-order valence-electron chi connectivity index (χ2n) is 9.36. The van der Waals surface area contributed by atoms with E-state index in [0.29, 0.717) is 45.0 Å². The van der Waals surface area contributed by atoms with E-state index in [0.717, 1.165) is 34.8 Å². The topological polar surface area (TPSA) is 77.2 Å². The van der Waals surface area contributed by atoms with E-state index in [1.165, 1.54) is 25.4 Å². The second-order valence-corrected chi connectivity index (χ2v) is 9.36. The summed E-state index contributed by atoms with van der Waals surface area (Å²) in [5, 5.41) is 11.3. The van der Waals surface area contributed by atoms with Crippen molar-refractivity contribution in [3.05, 3.63) is 47.2 Å². The Morgan fingerprint density at radius 1 is 1.22 bits per heavy atom. The molecule has 1 amide bonds. The molecule has 8 nitrogen and oxygen atoms in total. The monoisotopic (exact) mass is 520 g/mol. The average Bonchev–Trinajstić information content (AvgIpc) is 3.46. The summed E-state index contributed by atoms with van der Waals surface area (Å²) in [7, 11) is 1.38. The lowest BCUT2D eigenvalue weighted by atomic mass is 10.0. The number of carbonyl (C=O) groups is 1. The van der Waals surface area contributed by atoms with Gasteiger partial charge in [0.25, 0.3) is 0 Å². The normalized spacial score (nSPS) is 16.6. The van der Waals surface area contributed by atoms with Gasteiger partial charge >= 0.3 is 6.18 Å². The highest BCUT2D eigenvalue weighted by atomic mass is 19.4. The summed E-state index contributed by atoms with van der Waals surface area (Å²) in [6, 6.07) is 4.02. The van der Waals surface area contributed by atoms with Gasteiger partial charge in [-0.2, -0.15) is 23.4 Å². The highest BCUT2D eigenvalue weighted by Crippen LogP contribution is 2.38. The van der Waals surface area contributed by atoms with E-state index < -0.39 is 17.7 Å². The lowest BCUT2D eigenvalue weighted by Crippen LogP contribution is -2.36. The van der Waals surface area contributed by atoms with Crippen molar-refractivity contribution in [1.82, 2.24) is 24.5 Å². The maximum absolute atomic E-state index is 15.2. The molecule has 198 valence electrons. The molecule has 2 aliphatic rings. The Balaban J connectivity index is 1.48. The summed E-state index contributed by atoms with van der Waals surface area (Å²) in [4.78, 5) is 14.2. The van der Waals surface area contributed by atoms with Gasteiger partial charge in [-0.1, -0.05) is 13.0 Å². The number of carbonyl (C=O) groups excluding carboxylic acids is 1. The van der Waals surface area contributed by atoms with Gasteiger partial charge in [0, 0.05) is 62.7 Å². The van der Waals surface area contributed by atoms with E-state index in [4.69, 9.17) is 9.84 Å². The van der Waals surface area contributed by atoms with Crippen LogP contribution in [0.4, 0.5) is 29.1 Å². The molecule has 0 atom stereocenters. The van der Waals surface area contributed by atoms with E-state index >= 15 is 4.39 Å². The van der Waals surface area contributed by atoms with E-state index in [-0.39, 0.29) is 28.8 Å². The zero-order valence-electron chi connectivity index (χ0n) is 20.6. The minimum Gasteiger partial charge on any atom is -0.381 e. The van der Waals surface area contributed by atoms with Crippen molar-refractivity contribution in [2.45, 2.75) is 51.4 Å². The number of fused-ring (bicyclic) bond motifs is 1. The number of alkyl halides is 3. The minimum absolute atomic E-state index is 0.0305. The molecule has 2 aromatic heterocycles. The van der Waals surface area contributed by atoms with Crippen LogP contribution in [0, 0.1) is 5.82 Å². The van der Waals surface area contributed by atoms with Crippen molar-refractivity contribution < 1.29 is 27.1 Å². The number of aromatic nitrogens is 4. The number of anilines is 2. The number of rotatable bonds is 5. The molecule has 3 aromatic rings. The van der Waals surface area contributed by atoms with Crippen LogP contribution in [0.1, 0.15) is 49.2 Å². The van der Waals surface area contributed by atoms with Crippen molar-refractivity contribution in [3.63, 3.8) is 0 Å². The summed E-state index contributed by atoms with van der Waals surface area (Å²) in [6.07, 6.45) is -0.814. The van der Waals surface area contributed by atoms with Crippen LogP contribution in [-0.4, -0.2) is 50.1 Å².